The van der Waals surface area contributed by atoms with Gasteiger partial charge in [-0.05, 0) is 59.4 Å². The normalized spacial score (nSPS) is 23.2. The molecular formula is C14H22BrClN2O. The zero-order chi connectivity index (χ0) is 13.1. The average Bonchev–Trinajstić information content (AvgIpc) is 2.70. The molecule has 0 aromatic heterocycles. The van der Waals surface area contributed by atoms with Crippen LogP contribution in [0.5, 0.6) is 5.75 Å². The van der Waals surface area contributed by atoms with E-state index in [9.17, 15) is 0 Å². The number of ether oxygens (including phenoxy) is 1. The number of nitrogens with zero attached hydrogens (tertiary/aromatic N) is 1. The molecular weight excluding hydrogens is 328 g/mol. The van der Waals surface area contributed by atoms with Gasteiger partial charge in [0.05, 0.1) is 11.6 Å². The van der Waals surface area contributed by atoms with Gasteiger partial charge in [-0.25, -0.2) is 0 Å². The fourth-order valence-electron chi connectivity index (χ4n) is 2.65. The van der Waals surface area contributed by atoms with E-state index < -0.39 is 0 Å². The Morgan fingerprint density at radius 1 is 1.47 bits per heavy atom. The minimum absolute atomic E-state index is 0. The van der Waals surface area contributed by atoms with Crippen LogP contribution in [0.4, 0.5) is 0 Å². The molecule has 108 valence electrons. The maximum Gasteiger partial charge on any atom is 0.133 e. The largest absolute Gasteiger partial charge is 0.496 e. The van der Waals surface area contributed by atoms with Gasteiger partial charge in [-0.15, -0.1) is 12.4 Å². The van der Waals surface area contributed by atoms with Crippen LogP contribution in [0.1, 0.15) is 18.9 Å². The Bertz CT molecular complexity index is 416. The third-order valence-corrected chi connectivity index (χ3v) is 4.35. The summed E-state index contributed by atoms with van der Waals surface area (Å²) in [7, 11) is 1.69. The summed E-state index contributed by atoms with van der Waals surface area (Å²) in [6, 6.07) is 6.91. The molecule has 2 rings (SSSR count). The molecule has 19 heavy (non-hydrogen) atoms. The number of hydrogen-bond donors (Lipinski definition) is 1. The molecule has 0 aliphatic carbocycles. The summed E-state index contributed by atoms with van der Waals surface area (Å²) in [5.74, 6) is 1.54. The molecule has 1 aromatic carbocycles. The Balaban J connectivity index is 0.00000180. The van der Waals surface area contributed by atoms with Crippen molar-refractivity contribution in [3.05, 3.63) is 28.2 Å². The average molecular weight is 350 g/mol. The van der Waals surface area contributed by atoms with Gasteiger partial charge in [0.15, 0.2) is 0 Å². The molecule has 0 amide bonds. The summed E-state index contributed by atoms with van der Waals surface area (Å²) < 4.78 is 6.27. The summed E-state index contributed by atoms with van der Waals surface area (Å²) in [5.41, 5.74) is 7.08. The highest BCUT2D eigenvalue weighted by atomic mass is 79.9. The van der Waals surface area contributed by atoms with Crippen LogP contribution in [0.15, 0.2) is 22.7 Å². The number of methoxy groups -OCH3 is 1. The van der Waals surface area contributed by atoms with Crippen LogP contribution in [0.3, 0.4) is 0 Å². The number of likely N-dealkylation sites (tertiary alicyclic amines) is 1. The molecule has 1 aromatic rings. The molecule has 0 radical (unpaired) electrons. The highest BCUT2D eigenvalue weighted by molar-refractivity contribution is 9.10. The summed E-state index contributed by atoms with van der Waals surface area (Å²) in [6.45, 7) is 5.18. The first kappa shape index (κ1) is 16.8. The molecule has 2 atom stereocenters. The minimum atomic E-state index is 0. The third-order valence-electron chi connectivity index (χ3n) is 3.73. The Morgan fingerprint density at radius 2 is 2.21 bits per heavy atom. The van der Waals surface area contributed by atoms with Crippen molar-refractivity contribution >= 4 is 28.3 Å². The lowest BCUT2D eigenvalue weighted by Gasteiger charge is -2.21. The molecule has 0 spiro atoms. The van der Waals surface area contributed by atoms with Crippen molar-refractivity contribution in [2.24, 2.45) is 11.7 Å². The Labute approximate surface area is 130 Å². The predicted molar refractivity (Wildman–Crippen MR) is 85.0 cm³/mol. The zero-order valence-corrected chi connectivity index (χ0v) is 13.8. The predicted octanol–water partition coefficient (Wildman–Crippen LogP) is 3.05. The Kier molecular flexibility index (Phi) is 6.60. The van der Waals surface area contributed by atoms with E-state index in [4.69, 9.17) is 10.5 Å². The molecule has 2 unspecified atom stereocenters. The first-order chi connectivity index (χ1) is 8.63. The summed E-state index contributed by atoms with van der Waals surface area (Å²) >= 11 is 3.53. The standard InChI is InChI=1S/C14H21BrN2O.ClH/c1-10-5-12(7-16)9-17(10)8-11-3-4-14(18-2)13(15)6-11;/h3-4,6,10,12H,5,7-9,16H2,1-2H3;1H. The lowest BCUT2D eigenvalue weighted by molar-refractivity contribution is 0.256. The van der Waals surface area contributed by atoms with Gasteiger partial charge in [0.1, 0.15) is 5.75 Å². The summed E-state index contributed by atoms with van der Waals surface area (Å²) in [6.07, 6.45) is 1.22. The topological polar surface area (TPSA) is 38.5 Å². The van der Waals surface area contributed by atoms with Gasteiger partial charge in [-0.1, -0.05) is 6.07 Å². The summed E-state index contributed by atoms with van der Waals surface area (Å²) in [5, 5.41) is 0. The lowest BCUT2D eigenvalue weighted by Crippen LogP contribution is -2.27. The van der Waals surface area contributed by atoms with Crippen molar-refractivity contribution in [2.75, 3.05) is 20.2 Å². The van der Waals surface area contributed by atoms with E-state index in [1.54, 1.807) is 7.11 Å². The highest BCUT2D eigenvalue weighted by Crippen LogP contribution is 2.28. The van der Waals surface area contributed by atoms with Crippen LogP contribution >= 0.6 is 28.3 Å². The number of nitrogens with two attached hydrogens (primary N) is 1. The Hall–Kier alpha value is -0.290. The Morgan fingerprint density at radius 3 is 2.74 bits per heavy atom. The molecule has 0 bridgehead atoms. The van der Waals surface area contributed by atoms with Gasteiger partial charge in [-0.2, -0.15) is 0 Å². The smallest absolute Gasteiger partial charge is 0.133 e. The van der Waals surface area contributed by atoms with Gasteiger partial charge in [-0.3, -0.25) is 4.90 Å². The molecule has 2 N–H and O–H groups in total. The van der Waals surface area contributed by atoms with Crippen molar-refractivity contribution in [3.63, 3.8) is 0 Å². The van der Waals surface area contributed by atoms with Gasteiger partial charge in [0.25, 0.3) is 0 Å². The van der Waals surface area contributed by atoms with E-state index in [1.165, 1.54) is 12.0 Å². The van der Waals surface area contributed by atoms with Crippen molar-refractivity contribution in [2.45, 2.75) is 25.9 Å². The third kappa shape index (κ3) is 4.09. The molecule has 1 aliphatic rings. The van der Waals surface area contributed by atoms with E-state index >= 15 is 0 Å². The molecule has 1 fully saturated rings. The van der Waals surface area contributed by atoms with Gasteiger partial charge in [0.2, 0.25) is 0 Å². The second kappa shape index (κ2) is 7.48. The van der Waals surface area contributed by atoms with E-state index in [0.29, 0.717) is 12.0 Å². The number of rotatable bonds is 4. The first-order valence-electron chi connectivity index (χ1n) is 6.40. The van der Waals surface area contributed by atoms with Crippen molar-refractivity contribution in [3.8, 4) is 5.75 Å². The van der Waals surface area contributed by atoms with E-state index in [2.05, 4.69) is 39.9 Å². The van der Waals surface area contributed by atoms with Crippen LogP contribution in [0.2, 0.25) is 0 Å². The van der Waals surface area contributed by atoms with E-state index in [0.717, 1.165) is 29.9 Å². The van der Waals surface area contributed by atoms with Crippen molar-refractivity contribution in [1.29, 1.82) is 0 Å². The second-order valence-electron chi connectivity index (χ2n) is 5.08. The number of halogens is 2. The SMILES string of the molecule is COc1ccc(CN2CC(CN)CC2C)cc1Br.Cl. The molecule has 3 nitrogen and oxygen atoms in total. The maximum absolute atomic E-state index is 5.76. The second-order valence-corrected chi connectivity index (χ2v) is 5.94. The fourth-order valence-corrected chi connectivity index (χ4v) is 3.24. The van der Waals surface area contributed by atoms with E-state index in [-0.39, 0.29) is 12.4 Å². The zero-order valence-electron chi connectivity index (χ0n) is 11.4. The number of benzene rings is 1. The van der Waals surface area contributed by atoms with Crippen LogP contribution < -0.4 is 10.5 Å². The molecule has 5 heteroatoms. The molecule has 0 saturated carbocycles. The van der Waals surface area contributed by atoms with Crippen LogP contribution in [-0.4, -0.2) is 31.1 Å². The number of hydrogen-bond acceptors (Lipinski definition) is 3. The maximum atomic E-state index is 5.76. The molecule has 1 saturated heterocycles. The van der Waals surface area contributed by atoms with Crippen molar-refractivity contribution in [1.82, 2.24) is 4.90 Å². The fraction of sp³-hybridized carbons (Fsp3) is 0.571. The van der Waals surface area contributed by atoms with Crippen LogP contribution in [-0.2, 0) is 6.54 Å². The van der Waals surface area contributed by atoms with Crippen molar-refractivity contribution < 1.29 is 4.74 Å². The highest BCUT2D eigenvalue weighted by Gasteiger charge is 2.27. The van der Waals surface area contributed by atoms with Crippen LogP contribution in [0, 0.1) is 5.92 Å². The molecule has 1 heterocycles. The van der Waals surface area contributed by atoms with E-state index in [1.807, 2.05) is 6.07 Å². The lowest BCUT2D eigenvalue weighted by atomic mass is 10.1. The van der Waals surface area contributed by atoms with Gasteiger partial charge >= 0.3 is 0 Å². The summed E-state index contributed by atoms with van der Waals surface area (Å²) in [4.78, 5) is 2.51. The first-order valence-corrected chi connectivity index (χ1v) is 7.20. The minimum Gasteiger partial charge on any atom is -0.496 e. The quantitative estimate of drug-likeness (QED) is 0.908. The van der Waals surface area contributed by atoms with Gasteiger partial charge in [0, 0.05) is 19.1 Å². The van der Waals surface area contributed by atoms with Crippen LogP contribution in [0.25, 0.3) is 0 Å². The monoisotopic (exact) mass is 348 g/mol. The van der Waals surface area contributed by atoms with Gasteiger partial charge < -0.3 is 10.5 Å². The molecule has 1 aliphatic heterocycles.